The van der Waals surface area contributed by atoms with E-state index < -0.39 is 0 Å². The summed E-state index contributed by atoms with van der Waals surface area (Å²) < 4.78 is 0. The molecule has 1 aliphatic carbocycles. The summed E-state index contributed by atoms with van der Waals surface area (Å²) in [5.41, 5.74) is 0. The maximum Gasteiger partial charge on any atom is -0.00206 e. The van der Waals surface area contributed by atoms with Gasteiger partial charge in [0.2, 0.25) is 0 Å². The molecule has 1 rings (SSSR count). The quantitative estimate of drug-likeness (QED) is 0.557. The smallest absolute Gasteiger partial charge is 0.00206 e. The van der Waals surface area contributed by atoms with E-state index in [1.54, 1.807) is 0 Å². The fraction of sp³-hybridized carbons (Fsp3) is 1.00. The molecule has 1 atom stereocenters. The van der Waals surface area contributed by atoms with Crippen LogP contribution in [-0.4, -0.2) is 13.1 Å². The van der Waals surface area contributed by atoms with E-state index in [9.17, 15) is 0 Å². The molecule has 0 aromatic rings. The van der Waals surface area contributed by atoms with Crippen molar-refractivity contribution >= 4 is 0 Å². The average molecular weight is 197 g/mol. The summed E-state index contributed by atoms with van der Waals surface area (Å²) in [5.74, 6) is 2.01. The summed E-state index contributed by atoms with van der Waals surface area (Å²) in [5, 5.41) is 3.62. The number of hydrogen-bond donors (Lipinski definition) is 1. The maximum absolute atomic E-state index is 3.62. The van der Waals surface area contributed by atoms with Crippen molar-refractivity contribution in [3.05, 3.63) is 0 Å². The largest absolute Gasteiger partial charge is 0.316 e. The van der Waals surface area contributed by atoms with Gasteiger partial charge in [0.05, 0.1) is 0 Å². The topological polar surface area (TPSA) is 12.0 Å². The number of unbranched alkanes of at least 4 members (excludes halogenated alkanes) is 1. The molecule has 0 saturated heterocycles. The number of hydrogen-bond acceptors (Lipinski definition) is 1. The van der Waals surface area contributed by atoms with Crippen molar-refractivity contribution in [3.63, 3.8) is 0 Å². The molecule has 1 unspecified atom stereocenters. The van der Waals surface area contributed by atoms with Gasteiger partial charge in [-0.3, -0.25) is 0 Å². The Hall–Kier alpha value is -0.0400. The predicted molar refractivity (Wildman–Crippen MR) is 63.5 cm³/mol. The van der Waals surface area contributed by atoms with Crippen LogP contribution >= 0.6 is 0 Å². The van der Waals surface area contributed by atoms with Gasteiger partial charge >= 0.3 is 0 Å². The van der Waals surface area contributed by atoms with E-state index in [1.165, 1.54) is 58.0 Å². The first-order valence-electron chi connectivity index (χ1n) is 6.57. The highest BCUT2D eigenvalue weighted by atomic mass is 14.9. The second-order valence-electron chi connectivity index (χ2n) is 4.85. The molecule has 1 nitrogen and oxygen atoms in total. The van der Waals surface area contributed by atoms with Gasteiger partial charge in [0.15, 0.2) is 0 Å². The normalized spacial score (nSPS) is 18.4. The van der Waals surface area contributed by atoms with Crippen molar-refractivity contribution in [2.24, 2.45) is 11.8 Å². The molecule has 0 radical (unpaired) electrons. The monoisotopic (exact) mass is 197 g/mol. The van der Waals surface area contributed by atoms with Gasteiger partial charge in [0.25, 0.3) is 0 Å². The Morgan fingerprint density at radius 3 is 2.64 bits per heavy atom. The zero-order valence-electron chi connectivity index (χ0n) is 10.0. The molecule has 0 aromatic heterocycles. The Bertz CT molecular complexity index is 129. The molecule has 1 saturated carbocycles. The number of nitrogens with one attached hydrogen (secondary N) is 1. The lowest BCUT2D eigenvalue weighted by atomic mass is 9.99. The van der Waals surface area contributed by atoms with Gasteiger partial charge in [-0.2, -0.15) is 0 Å². The van der Waals surface area contributed by atoms with Gasteiger partial charge in [0.1, 0.15) is 0 Å². The highest BCUT2D eigenvalue weighted by Gasteiger charge is 2.20. The van der Waals surface area contributed by atoms with Crippen LogP contribution in [0.4, 0.5) is 0 Å². The molecule has 1 fully saturated rings. The van der Waals surface area contributed by atoms with Crippen LogP contribution in [0.25, 0.3) is 0 Å². The Morgan fingerprint density at radius 1 is 1.29 bits per heavy atom. The van der Waals surface area contributed by atoms with Crippen LogP contribution in [0.3, 0.4) is 0 Å². The highest BCUT2D eigenvalue weighted by molar-refractivity contribution is 4.74. The molecule has 0 spiro atoms. The highest BCUT2D eigenvalue weighted by Crippen LogP contribution is 2.31. The molecule has 0 amide bonds. The molecule has 84 valence electrons. The maximum atomic E-state index is 3.62. The van der Waals surface area contributed by atoms with Crippen LogP contribution in [0.15, 0.2) is 0 Å². The van der Waals surface area contributed by atoms with Crippen molar-refractivity contribution in [1.82, 2.24) is 5.32 Å². The van der Waals surface area contributed by atoms with Crippen molar-refractivity contribution in [2.45, 2.75) is 58.8 Å². The molecule has 0 aromatic carbocycles. The third-order valence-electron chi connectivity index (χ3n) is 3.40. The summed E-state index contributed by atoms with van der Waals surface area (Å²) in [7, 11) is 0. The summed E-state index contributed by atoms with van der Waals surface area (Å²) in [4.78, 5) is 0. The molecule has 0 heterocycles. The standard InChI is InChI=1S/C13H27N/c1-3-5-6-12(4-2)11-14-10-9-13-7-8-13/h12-14H,3-11H2,1-2H3. The third kappa shape index (κ3) is 5.64. The summed E-state index contributed by atoms with van der Waals surface area (Å²) in [6.45, 7) is 7.12. The zero-order chi connectivity index (χ0) is 10.2. The van der Waals surface area contributed by atoms with Crippen molar-refractivity contribution in [2.75, 3.05) is 13.1 Å². The lowest BCUT2D eigenvalue weighted by Gasteiger charge is -2.15. The average Bonchev–Trinajstić information content (AvgIpc) is 3.01. The first kappa shape index (κ1) is 12.0. The van der Waals surface area contributed by atoms with E-state index in [1.807, 2.05) is 0 Å². The Balaban J connectivity index is 1.89. The van der Waals surface area contributed by atoms with Gasteiger partial charge in [-0.15, -0.1) is 0 Å². The zero-order valence-corrected chi connectivity index (χ0v) is 10.0. The minimum absolute atomic E-state index is 0.925. The van der Waals surface area contributed by atoms with E-state index in [0.29, 0.717) is 0 Å². The second kappa shape index (κ2) is 7.28. The molecule has 14 heavy (non-hydrogen) atoms. The second-order valence-corrected chi connectivity index (χ2v) is 4.85. The molecule has 1 heteroatoms. The van der Waals surface area contributed by atoms with Gasteiger partial charge in [-0.05, 0) is 37.8 Å². The summed E-state index contributed by atoms with van der Waals surface area (Å²) in [6, 6.07) is 0. The van der Waals surface area contributed by atoms with E-state index in [4.69, 9.17) is 0 Å². The predicted octanol–water partition coefficient (Wildman–Crippen LogP) is 3.59. The molecular weight excluding hydrogens is 170 g/mol. The SMILES string of the molecule is CCCCC(CC)CNCCC1CC1. The van der Waals surface area contributed by atoms with Crippen LogP contribution in [0.1, 0.15) is 58.8 Å². The van der Waals surface area contributed by atoms with Gasteiger partial charge in [-0.1, -0.05) is 46.0 Å². The van der Waals surface area contributed by atoms with Gasteiger partial charge in [-0.25, -0.2) is 0 Å². The van der Waals surface area contributed by atoms with Crippen molar-refractivity contribution in [3.8, 4) is 0 Å². The van der Waals surface area contributed by atoms with Gasteiger partial charge in [0, 0.05) is 0 Å². The fourth-order valence-electron chi connectivity index (χ4n) is 1.96. The van der Waals surface area contributed by atoms with Gasteiger partial charge < -0.3 is 5.32 Å². The fourth-order valence-corrected chi connectivity index (χ4v) is 1.96. The Labute approximate surface area is 89.7 Å². The first-order valence-corrected chi connectivity index (χ1v) is 6.57. The van der Waals surface area contributed by atoms with Crippen molar-refractivity contribution < 1.29 is 0 Å². The molecular formula is C13H27N. The van der Waals surface area contributed by atoms with E-state index in [2.05, 4.69) is 19.2 Å². The summed E-state index contributed by atoms with van der Waals surface area (Å²) >= 11 is 0. The minimum Gasteiger partial charge on any atom is -0.316 e. The summed E-state index contributed by atoms with van der Waals surface area (Å²) in [6.07, 6.45) is 9.93. The lowest BCUT2D eigenvalue weighted by molar-refractivity contribution is 0.416. The van der Waals surface area contributed by atoms with E-state index in [0.717, 1.165) is 11.8 Å². The molecule has 1 N–H and O–H groups in total. The van der Waals surface area contributed by atoms with Crippen LogP contribution in [-0.2, 0) is 0 Å². The first-order chi connectivity index (χ1) is 6.86. The Kier molecular flexibility index (Phi) is 6.25. The Morgan fingerprint density at radius 2 is 2.07 bits per heavy atom. The third-order valence-corrected chi connectivity index (χ3v) is 3.40. The van der Waals surface area contributed by atoms with Crippen LogP contribution in [0.2, 0.25) is 0 Å². The lowest BCUT2D eigenvalue weighted by Crippen LogP contribution is -2.23. The van der Waals surface area contributed by atoms with E-state index in [-0.39, 0.29) is 0 Å². The molecule has 0 aliphatic heterocycles. The van der Waals surface area contributed by atoms with E-state index >= 15 is 0 Å². The van der Waals surface area contributed by atoms with Crippen LogP contribution in [0.5, 0.6) is 0 Å². The minimum atomic E-state index is 0.925. The molecule has 1 aliphatic rings. The molecule has 0 bridgehead atoms. The number of rotatable bonds is 9. The van der Waals surface area contributed by atoms with Crippen LogP contribution < -0.4 is 5.32 Å². The van der Waals surface area contributed by atoms with Crippen molar-refractivity contribution in [1.29, 1.82) is 0 Å². The van der Waals surface area contributed by atoms with Crippen LogP contribution in [0, 0.1) is 11.8 Å².